The molecule has 0 bridgehead atoms. The van der Waals surface area contributed by atoms with Gasteiger partial charge >= 0.3 is 0 Å². The molecule has 3 nitrogen and oxygen atoms in total. The van der Waals surface area contributed by atoms with E-state index in [0.717, 1.165) is 10.4 Å². The van der Waals surface area contributed by atoms with Gasteiger partial charge in [0.15, 0.2) is 0 Å². The number of benzene rings is 1. The molecule has 0 unspecified atom stereocenters. The number of hydrogen-bond donors (Lipinski definition) is 1. The van der Waals surface area contributed by atoms with E-state index in [0.29, 0.717) is 18.7 Å². The summed E-state index contributed by atoms with van der Waals surface area (Å²) < 4.78 is 17.9. The van der Waals surface area contributed by atoms with E-state index in [1.807, 2.05) is 17.5 Å². The molecule has 110 valence electrons. The van der Waals surface area contributed by atoms with Crippen molar-refractivity contribution in [3.8, 4) is 0 Å². The third-order valence-electron chi connectivity index (χ3n) is 2.80. The maximum Gasteiger partial charge on any atom is 0.252 e. The Bertz CT molecular complexity index is 606. The zero-order chi connectivity index (χ0) is 15.1. The molecule has 1 heterocycles. The number of methoxy groups -OCH3 is 1. The number of rotatable bonds is 6. The van der Waals surface area contributed by atoms with Gasteiger partial charge in [-0.2, -0.15) is 0 Å². The fourth-order valence-corrected chi connectivity index (χ4v) is 2.51. The minimum absolute atomic E-state index is 0.168. The Morgan fingerprint density at radius 1 is 1.33 bits per heavy atom. The van der Waals surface area contributed by atoms with E-state index in [2.05, 4.69) is 5.32 Å². The van der Waals surface area contributed by atoms with Crippen molar-refractivity contribution >= 4 is 28.9 Å². The summed E-state index contributed by atoms with van der Waals surface area (Å²) in [4.78, 5) is 13.2. The summed E-state index contributed by atoms with van der Waals surface area (Å²) in [6.07, 6.45) is 1.76. The minimum atomic E-state index is -0.297. The van der Waals surface area contributed by atoms with E-state index >= 15 is 0 Å². The summed E-state index contributed by atoms with van der Waals surface area (Å²) in [5, 5.41) is 4.72. The van der Waals surface area contributed by atoms with E-state index < -0.39 is 0 Å². The molecule has 1 aromatic heterocycles. The van der Waals surface area contributed by atoms with Crippen molar-refractivity contribution in [2.75, 3.05) is 20.3 Å². The van der Waals surface area contributed by atoms with Gasteiger partial charge in [-0.05, 0) is 35.2 Å². The molecule has 21 heavy (non-hydrogen) atoms. The van der Waals surface area contributed by atoms with Crippen LogP contribution in [-0.2, 0) is 9.53 Å². The first-order valence-corrected chi connectivity index (χ1v) is 7.37. The summed E-state index contributed by atoms with van der Waals surface area (Å²) in [6.45, 7) is 0.904. The largest absolute Gasteiger partial charge is 0.383 e. The lowest BCUT2D eigenvalue weighted by molar-refractivity contribution is -0.115. The van der Waals surface area contributed by atoms with E-state index in [-0.39, 0.29) is 11.7 Å². The van der Waals surface area contributed by atoms with Crippen LogP contribution >= 0.6 is 11.3 Å². The molecule has 1 aromatic carbocycles. The van der Waals surface area contributed by atoms with Crippen LogP contribution in [-0.4, -0.2) is 26.2 Å². The summed E-state index contributed by atoms with van der Waals surface area (Å²) in [7, 11) is 1.58. The molecule has 2 rings (SSSR count). The van der Waals surface area contributed by atoms with Crippen molar-refractivity contribution in [1.82, 2.24) is 5.32 Å². The third-order valence-corrected chi connectivity index (χ3v) is 3.71. The number of carbonyl (C=O) groups is 1. The van der Waals surface area contributed by atoms with E-state index in [4.69, 9.17) is 4.74 Å². The van der Waals surface area contributed by atoms with Gasteiger partial charge < -0.3 is 10.1 Å². The Hall–Kier alpha value is -1.98. The molecule has 0 aliphatic carbocycles. The number of hydrogen-bond acceptors (Lipinski definition) is 3. The van der Waals surface area contributed by atoms with Gasteiger partial charge in [0.1, 0.15) is 5.82 Å². The predicted molar refractivity (Wildman–Crippen MR) is 83.5 cm³/mol. The van der Waals surface area contributed by atoms with Crippen LogP contribution < -0.4 is 5.32 Å². The maximum absolute atomic E-state index is 12.9. The van der Waals surface area contributed by atoms with Gasteiger partial charge in [-0.25, -0.2) is 4.39 Å². The van der Waals surface area contributed by atoms with E-state index in [1.54, 1.807) is 25.3 Å². The molecule has 0 aliphatic heterocycles. The molecule has 0 atom stereocenters. The lowest BCUT2D eigenvalue weighted by Gasteiger charge is -2.07. The van der Waals surface area contributed by atoms with Crippen LogP contribution in [0.4, 0.5) is 4.39 Å². The van der Waals surface area contributed by atoms with Gasteiger partial charge in [0.05, 0.1) is 12.2 Å². The molecule has 1 amide bonds. The van der Waals surface area contributed by atoms with Gasteiger partial charge in [0.2, 0.25) is 0 Å². The minimum Gasteiger partial charge on any atom is -0.383 e. The SMILES string of the molecule is COCCNC(=O)/C(=C/c1ccc(F)cc1)c1cccs1. The van der Waals surface area contributed by atoms with Crippen LogP contribution in [0.2, 0.25) is 0 Å². The van der Waals surface area contributed by atoms with Crippen molar-refractivity contribution in [2.24, 2.45) is 0 Å². The zero-order valence-electron chi connectivity index (χ0n) is 11.6. The van der Waals surface area contributed by atoms with Crippen LogP contribution in [0.1, 0.15) is 10.4 Å². The average molecular weight is 305 g/mol. The number of thiophene rings is 1. The highest BCUT2D eigenvalue weighted by atomic mass is 32.1. The topological polar surface area (TPSA) is 38.3 Å². The fraction of sp³-hybridized carbons (Fsp3) is 0.188. The molecule has 1 N–H and O–H groups in total. The van der Waals surface area contributed by atoms with Gasteiger partial charge in [-0.3, -0.25) is 4.79 Å². The molecular weight excluding hydrogens is 289 g/mol. The normalized spacial score (nSPS) is 11.4. The zero-order valence-corrected chi connectivity index (χ0v) is 12.5. The standard InChI is InChI=1S/C16H16FNO2S/c1-20-9-8-18-16(19)14(15-3-2-10-21-15)11-12-4-6-13(17)7-5-12/h2-7,10-11H,8-9H2,1H3,(H,18,19)/b14-11+. The second kappa shape index (κ2) is 7.71. The van der Waals surface area contributed by atoms with Crippen LogP contribution in [0.3, 0.4) is 0 Å². The summed E-state index contributed by atoms with van der Waals surface area (Å²) in [5.74, 6) is -0.465. The number of ether oxygens (including phenoxy) is 1. The van der Waals surface area contributed by atoms with Crippen molar-refractivity contribution in [3.05, 3.63) is 58.0 Å². The Labute approximate surface area is 127 Å². The summed E-state index contributed by atoms with van der Waals surface area (Å²) in [6, 6.07) is 9.81. The Balaban J connectivity index is 2.24. The van der Waals surface area contributed by atoms with Crippen molar-refractivity contribution in [1.29, 1.82) is 0 Å². The second-order valence-electron chi connectivity index (χ2n) is 4.34. The van der Waals surface area contributed by atoms with E-state index in [9.17, 15) is 9.18 Å². The lowest BCUT2D eigenvalue weighted by atomic mass is 10.1. The predicted octanol–water partition coefficient (Wildman–Crippen LogP) is 3.19. The molecule has 0 spiro atoms. The number of halogens is 1. The Morgan fingerprint density at radius 3 is 2.71 bits per heavy atom. The fourth-order valence-electron chi connectivity index (χ4n) is 1.77. The van der Waals surface area contributed by atoms with Crippen LogP contribution in [0, 0.1) is 5.82 Å². The van der Waals surface area contributed by atoms with Gasteiger partial charge in [0.25, 0.3) is 5.91 Å². The van der Waals surface area contributed by atoms with Gasteiger partial charge in [0, 0.05) is 18.5 Å². The Morgan fingerprint density at radius 2 is 2.10 bits per heavy atom. The van der Waals surface area contributed by atoms with Gasteiger partial charge in [-0.1, -0.05) is 18.2 Å². The first kappa shape index (κ1) is 15.4. The highest BCUT2D eigenvalue weighted by Crippen LogP contribution is 2.23. The monoisotopic (exact) mass is 305 g/mol. The summed E-state index contributed by atoms with van der Waals surface area (Å²) in [5.41, 5.74) is 1.34. The molecule has 0 saturated carbocycles. The quantitative estimate of drug-likeness (QED) is 0.657. The van der Waals surface area contributed by atoms with Crippen LogP contribution in [0.25, 0.3) is 11.6 Å². The molecule has 0 saturated heterocycles. The van der Waals surface area contributed by atoms with Crippen LogP contribution in [0.15, 0.2) is 41.8 Å². The van der Waals surface area contributed by atoms with E-state index in [1.165, 1.54) is 23.5 Å². The van der Waals surface area contributed by atoms with Crippen molar-refractivity contribution < 1.29 is 13.9 Å². The number of nitrogens with one attached hydrogen (secondary N) is 1. The third kappa shape index (κ3) is 4.51. The second-order valence-corrected chi connectivity index (χ2v) is 5.28. The first-order valence-electron chi connectivity index (χ1n) is 6.49. The Kier molecular flexibility index (Phi) is 5.66. The number of carbonyl (C=O) groups excluding carboxylic acids is 1. The highest BCUT2D eigenvalue weighted by molar-refractivity contribution is 7.11. The molecular formula is C16H16FNO2S. The maximum atomic E-state index is 12.9. The molecule has 0 aliphatic rings. The molecule has 5 heteroatoms. The summed E-state index contributed by atoms with van der Waals surface area (Å²) >= 11 is 1.49. The first-order chi connectivity index (χ1) is 10.2. The van der Waals surface area contributed by atoms with Crippen LogP contribution in [0.5, 0.6) is 0 Å². The molecule has 0 fully saturated rings. The number of amides is 1. The highest BCUT2D eigenvalue weighted by Gasteiger charge is 2.12. The van der Waals surface area contributed by atoms with Crippen molar-refractivity contribution in [3.63, 3.8) is 0 Å². The molecule has 2 aromatic rings. The molecule has 0 radical (unpaired) electrons. The van der Waals surface area contributed by atoms with Gasteiger partial charge in [-0.15, -0.1) is 11.3 Å². The van der Waals surface area contributed by atoms with Crippen molar-refractivity contribution in [2.45, 2.75) is 0 Å². The lowest BCUT2D eigenvalue weighted by Crippen LogP contribution is -2.27. The average Bonchev–Trinajstić information content (AvgIpc) is 3.00. The smallest absolute Gasteiger partial charge is 0.252 e.